The number of rotatable bonds is 0. The number of esters is 2. The summed E-state index contributed by atoms with van der Waals surface area (Å²) in [4.78, 5) is 54.0. The lowest BCUT2D eigenvalue weighted by molar-refractivity contribution is -0.279. The molecule has 204 valence electrons. The third-order valence-electron chi connectivity index (χ3n) is 11.0. The zero-order chi connectivity index (χ0) is 27.8. The van der Waals surface area contributed by atoms with E-state index in [4.69, 9.17) is 9.47 Å². The van der Waals surface area contributed by atoms with Gasteiger partial charge in [0.15, 0.2) is 28.4 Å². The van der Waals surface area contributed by atoms with Crippen LogP contribution >= 0.6 is 0 Å². The summed E-state index contributed by atoms with van der Waals surface area (Å²) in [5.74, 6) is -7.03. The molecule has 2 heterocycles. The molecular weight excluding hydrogens is 496 g/mol. The highest BCUT2D eigenvalue weighted by Gasteiger charge is 2.85. The number of carbonyl (C=O) groups is 4. The highest BCUT2D eigenvalue weighted by molar-refractivity contribution is 6.00. The molecule has 2 aliphatic heterocycles. The molecule has 2 saturated heterocycles. The van der Waals surface area contributed by atoms with Crippen molar-refractivity contribution >= 4 is 23.5 Å². The molecule has 2 saturated carbocycles. The fourth-order valence-corrected chi connectivity index (χ4v) is 8.67. The Bertz CT molecular complexity index is 1280. The van der Waals surface area contributed by atoms with Gasteiger partial charge in [0.1, 0.15) is 12.2 Å². The standard InChI is InChI=1S/C28H32O10/c1-12-22(33)37-17-11-24(12,2)21-20(32)19(31)18-14(25(3)13(10-15(18)29)6-5-7-16(25)30)8-9-27(35)23(34)38-26(17,4)28(21,27)36/h5,7,10,14-15,17-19,21,29,31,35-36H,1,6,8-9,11H2,2-4H3/t14?,15?,17-,18?,19?,21?,24-,25+,26+,27-,28+/m1/s1. The summed E-state index contributed by atoms with van der Waals surface area (Å²) < 4.78 is 11.1. The van der Waals surface area contributed by atoms with Gasteiger partial charge < -0.3 is 29.9 Å². The quantitative estimate of drug-likeness (QED) is 0.192. The van der Waals surface area contributed by atoms with Gasteiger partial charge in [-0.2, -0.15) is 0 Å². The zero-order valence-corrected chi connectivity index (χ0v) is 21.5. The van der Waals surface area contributed by atoms with Crippen LogP contribution in [0.3, 0.4) is 0 Å². The normalized spacial score (nSPS) is 53.4. The van der Waals surface area contributed by atoms with Crippen LogP contribution in [0.25, 0.3) is 0 Å². The molecule has 4 N–H and O–H groups in total. The van der Waals surface area contributed by atoms with Gasteiger partial charge in [-0.1, -0.05) is 31.2 Å². The molecule has 6 aliphatic rings. The summed E-state index contributed by atoms with van der Waals surface area (Å²) in [5.41, 5.74) is -9.53. The molecule has 10 heteroatoms. The molecule has 0 aromatic carbocycles. The zero-order valence-electron chi connectivity index (χ0n) is 21.5. The predicted molar refractivity (Wildman–Crippen MR) is 128 cm³/mol. The summed E-state index contributed by atoms with van der Waals surface area (Å²) in [6.07, 6.45) is -0.0178. The molecule has 38 heavy (non-hydrogen) atoms. The average molecular weight is 529 g/mol. The lowest BCUT2D eigenvalue weighted by Gasteiger charge is -2.61. The first-order valence-electron chi connectivity index (χ1n) is 13.0. The molecule has 0 aromatic rings. The highest BCUT2D eigenvalue weighted by Crippen LogP contribution is 2.67. The molecule has 6 rings (SSSR count). The molecular formula is C28H32O10. The van der Waals surface area contributed by atoms with E-state index in [0.717, 1.165) is 0 Å². The Morgan fingerprint density at radius 3 is 2.45 bits per heavy atom. The Kier molecular flexibility index (Phi) is 4.92. The van der Waals surface area contributed by atoms with Gasteiger partial charge in [-0.3, -0.25) is 9.59 Å². The van der Waals surface area contributed by atoms with Gasteiger partial charge in [-0.15, -0.1) is 0 Å². The smallest absolute Gasteiger partial charge is 0.342 e. The van der Waals surface area contributed by atoms with Crippen LogP contribution < -0.4 is 0 Å². The maximum atomic E-state index is 14.4. The van der Waals surface area contributed by atoms with Crippen LogP contribution in [0.1, 0.15) is 46.5 Å². The van der Waals surface area contributed by atoms with Crippen molar-refractivity contribution in [3.63, 3.8) is 0 Å². The maximum absolute atomic E-state index is 14.4. The van der Waals surface area contributed by atoms with E-state index in [0.29, 0.717) is 12.0 Å². The summed E-state index contributed by atoms with van der Waals surface area (Å²) in [5, 5.41) is 47.4. The van der Waals surface area contributed by atoms with Crippen molar-refractivity contribution in [1.29, 1.82) is 0 Å². The fourth-order valence-electron chi connectivity index (χ4n) is 8.67. The van der Waals surface area contributed by atoms with Crippen LogP contribution in [0, 0.1) is 28.6 Å². The second-order valence-electron chi connectivity index (χ2n) is 12.5. The van der Waals surface area contributed by atoms with E-state index < -0.39 is 87.8 Å². The van der Waals surface area contributed by atoms with E-state index in [-0.39, 0.29) is 24.2 Å². The largest absolute Gasteiger partial charge is 0.455 e. The topological polar surface area (TPSA) is 168 Å². The van der Waals surface area contributed by atoms with E-state index >= 15 is 0 Å². The van der Waals surface area contributed by atoms with Crippen LogP contribution in [0.4, 0.5) is 0 Å². The number of ether oxygens (including phenoxy) is 2. The van der Waals surface area contributed by atoms with E-state index in [1.165, 1.54) is 26.0 Å². The first kappa shape index (κ1) is 25.6. The second kappa shape index (κ2) is 7.29. The Balaban J connectivity index is 1.61. The molecule has 0 aromatic heterocycles. The second-order valence-corrected chi connectivity index (χ2v) is 12.5. The number of aliphatic hydroxyl groups excluding tert-OH is 2. The average Bonchev–Trinajstić information content (AvgIpc) is 3.01. The number of aliphatic hydroxyl groups is 4. The Labute approximate surface area is 219 Å². The van der Waals surface area contributed by atoms with Gasteiger partial charge in [0.05, 0.1) is 17.4 Å². The first-order chi connectivity index (χ1) is 17.6. The van der Waals surface area contributed by atoms with E-state index in [2.05, 4.69) is 6.58 Å². The predicted octanol–water partition coefficient (Wildman–Crippen LogP) is 0.0643. The lowest BCUT2D eigenvalue weighted by atomic mass is 9.46. The molecule has 4 fully saturated rings. The van der Waals surface area contributed by atoms with E-state index in [1.54, 1.807) is 13.0 Å². The van der Waals surface area contributed by atoms with Crippen molar-refractivity contribution in [2.75, 3.05) is 0 Å². The molecule has 11 atom stereocenters. The molecule has 2 bridgehead atoms. The third kappa shape index (κ3) is 2.53. The summed E-state index contributed by atoms with van der Waals surface area (Å²) >= 11 is 0. The minimum atomic E-state index is -2.64. The van der Waals surface area contributed by atoms with Crippen LogP contribution in [-0.4, -0.2) is 79.0 Å². The number of carbonyl (C=O) groups excluding carboxylic acids is 4. The monoisotopic (exact) mass is 528 g/mol. The third-order valence-corrected chi connectivity index (χ3v) is 11.0. The molecule has 4 aliphatic carbocycles. The van der Waals surface area contributed by atoms with Gasteiger partial charge in [-0.25, -0.2) is 9.59 Å². The Morgan fingerprint density at radius 2 is 1.76 bits per heavy atom. The number of hydrogen-bond acceptors (Lipinski definition) is 10. The molecule has 5 unspecified atom stereocenters. The van der Waals surface area contributed by atoms with E-state index in [9.17, 15) is 39.6 Å². The molecule has 0 spiro atoms. The number of fused-ring (bicyclic) bond motifs is 7. The van der Waals surface area contributed by atoms with Crippen molar-refractivity contribution in [3.8, 4) is 0 Å². The fraction of sp³-hybridized carbons (Fsp3) is 0.643. The lowest BCUT2D eigenvalue weighted by Crippen LogP contribution is -2.79. The van der Waals surface area contributed by atoms with Crippen molar-refractivity contribution in [3.05, 3.63) is 36.0 Å². The van der Waals surface area contributed by atoms with Gasteiger partial charge in [0.25, 0.3) is 0 Å². The first-order valence-corrected chi connectivity index (χ1v) is 13.0. The van der Waals surface area contributed by atoms with E-state index in [1.807, 2.05) is 0 Å². The van der Waals surface area contributed by atoms with Gasteiger partial charge in [0.2, 0.25) is 0 Å². The van der Waals surface area contributed by atoms with Crippen molar-refractivity contribution in [1.82, 2.24) is 0 Å². The van der Waals surface area contributed by atoms with Crippen LogP contribution in [0.15, 0.2) is 36.0 Å². The highest BCUT2D eigenvalue weighted by atomic mass is 16.6. The van der Waals surface area contributed by atoms with Gasteiger partial charge in [-0.05, 0) is 51.5 Å². The maximum Gasteiger partial charge on any atom is 0.342 e. The van der Waals surface area contributed by atoms with Crippen LogP contribution in [-0.2, 0) is 28.7 Å². The Hall–Kier alpha value is -2.66. The number of hydrogen-bond donors (Lipinski definition) is 4. The number of allylic oxidation sites excluding steroid dienone is 3. The SMILES string of the molecule is C=C1C(=O)O[C@@H]2C[C@@]1(C)C1C(=O)C(O)C3C(O)C=C4CC=CC(=O)[C@]4(C)C3CC[C@@]3(O)C(=O)O[C@]2(C)[C@@]13O. The summed E-state index contributed by atoms with van der Waals surface area (Å²) in [6.45, 7) is 8.32. The van der Waals surface area contributed by atoms with Crippen molar-refractivity contribution in [2.45, 2.75) is 81.6 Å². The number of ketones is 2. The van der Waals surface area contributed by atoms with Crippen molar-refractivity contribution < 1.29 is 49.1 Å². The number of Topliss-reactive ketones (excluding diaryl/α,β-unsaturated/α-hetero) is 1. The molecule has 0 amide bonds. The van der Waals surface area contributed by atoms with Crippen LogP contribution in [0.2, 0.25) is 0 Å². The minimum absolute atomic E-state index is 0.0510. The molecule has 10 nitrogen and oxygen atoms in total. The molecule has 0 radical (unpaired) electrons. The summed E-state index contributed by atoms with van der Waals surface area (Å²) in [7, 11) is 0. The van der Waals surface area contributed by atoms with Crippen LogP contribution in [0.5, 0.6) is 0 Å². The minimum Gasteiger partial charge on any atom is -0.455 e. The summed E-state index contributed by atoms with van der Waals surface area (Å²) in [6, 6.07) is 0. The van der Waals surface area contributed by atoms with Gasteiger partial charge in [0, 0.05) is 16.9 Å². The Morgan fingerprint density at radius 1 is 1.08 bits per heavy atom. The van der Waals surface area contributed by atoms with Gasteiger partial charge >= 0.3 is 11.9 Å². The van der Waals surface area contributed by atoms with Crippen molar-refractivity contribution in [2.24, 2.45) is 28.6 Å².